The lowest BCUT2D eigenvalue weighted by molar-refractivity contribution is -0.384. The van der Waals surface area contributed by atoms with Gasteiger partial charge in [-0.05, 0) is 31.5 Å². The molecule has 0 amide bonds. The van der Waals surface area contributed by atoms with E-state index < -0.39 is 4.92 Å². The van der Waals surface area contributed by atoms with Gasteiger partial charge in [0.25, 0.3) is 0 Å². The van der Waals surface area contributed by atoms with Gasteiger partial charge in [0.15, 0.2) is 0 Å². The first-order valence-corrected chi connectivity index (χ1v) is 6.53. The molecule has 0 radical (unpaired) electrons. The Labute approximate surface area is 122 Å². The smallest absolute Gasteiger partial charge is 0.312 e. The molecule has 2 rings (SSSR count). The number of nitro groups is 1. The quantitative estimate of drug-likeness (QED) is 0.498. The van der Waals surface area contributed by atoms with E-state index in [-0.39, 0.29) is 11.5 Å². The monoisotopic (exact) mass is 287 g/mol. The van der Waals surface area contributed by atoms with Crippen LogP contribution in [0.1, 0.15) is 12.5 Å². The van der Waals surface area contributed by atoms with Gasteiger partial charge >= 0.3 is 5.69 Å². The number of nitrogens with one attached hydrogen (secondary N) is 1. The number of aromatic nitrogens is 1. The maximum absolute atomic E-state index is 11.2. The van der Waals surface area contributed by atoms with Gasteiger partial charge in [-0.3, -0.25) is 10.1 Å². The summed E-state index contributed by atoms with van der Waals surface area (Å²) in [6, 6.07) is 10.6. The molecular formula is C14H17N5O2. The molecule has 0 unspecified atom stereocenters. The van der Waals surface area contributed by atoms with Crippen LogP contribution in [-0.2, 0) is 0 Å². The first-order valence-electron chi connectivity index (χ1n) is 6.53. The number of benzene rings is 1. The Bertz CT molecular complexity index is 660. The largest absolute Gasteiger partial charge is 0.321 e. The minimum atomic E-state index is -0.441. The Kier molecular flexibility index (Phi) is 4.34. The molecule has 0 bridgehead atoms. The third-order valence-corrected chi connectivity index (χ3v) is 3.18. The third-order valence-electron chi connectivity index (χ3n) is 3.18. The van der Waals surface area contributed by atoms with Gasteiger partial charge in [-0.15, -0.1) is 0 Å². The molecule has 0 atom stereocenters. The van der Waals surface area contributed by atoms with E-state index in [2.05, 4.69) is 10.4 Å². The van der Waals surface area contributed by atoms with Crippen LogP contribution in [-0.4, -0.2) is 16.5 Å². The number of nitrogen functional groups attached to an aromatic ring is 1. The normalized spacial score (nSPS) is 10.2. The summed E-state index contributed by atoms with van der Waals surface area (Å²) in [6.45, 7) is 4.42. The van der Waals surface area contributed by atoms with E-state index in [0.29, 0.717) is 12.4 Å². The van der Waals surface area contributed by atoms with Crippen LogP contribution in [0.25, 0.3) is 0 Å². The highest BCUT2D eigenvalue weighted by atomic mass is 16.6. The lowest BCUT2D eigenvalue weighted by Gasteiger charge is -2.24. The van der Waals surface area contributed by atoms with Crippen LogP contribution < -0.4 is 16.2 Å². The number of hydrazine groups is 1. The Morgan fingerprint density at radius 3 is 2.62 bits per heavy atom. The minimum Gasteiger partial charge on any atom is -0.321 e. The lowest BCUT2D eigenvalue weighted by atomic mass is 10.1. The molecule has 1 heterocycles. The predicted molar refractivity (Wildman–Crippen MR) is 82.6 cm³/mol. The van der Waals surface area contributed by atoms with Gasteiger partial charge in [0.1, 0.15) is 5.82 Å². The molecule has 21 heavy (non-hydrogen) atoms. The lowest BCUT2D eigenvalue weighted by Crippen LogP contribution is -2.21. The number of nitrogens with two attached hydrogens (primary N) is 1. The highest BCUT2D eigenvalue weighted by Gasteiger charge is 2.23. The van der Waals surface area contributed by atoms with Crippen molar-refractivity contribution in [1.29, 1.82) is 0 Å². The fraction of sp³-hybridized carbons (Fsp3) is 0.214. The van der Waals surface area contributed by atoms with Gasteiger partial charge in [-0.25, -0.2) is 10.8 Å². The number of rotatable bonds is 5. The van der Waals surface area contributed by atoms with Crippen LogP contribution in [0, 0.1) is 17.0 Å². The molecule has 0 spiro atoms. The summed E-state index contributed by atoms with van der Waals surface area (Å²) in [7, 11) is 0. The van der Waals surface area contributed by atoms with Gasteiger partial charge in [-0.2, -0.15) is 0 Å². The fourth-order valence-electron chi connectivity index (χ4n) is 2.16. The van der Waals surface area contributed by atoms with Crippen LogP contribution in [0.3, 0.4) is 0 Å². The van der Waals surface area contributed by atoms with E-state index in [9.17, 15) is 10.1 Å². The molecule has 7 heteroatoms. The zero-order chi connectivity index (χ0) is 15.4. The molecule has 2 aromatic rings. The van der Waals surface area contributed by atoms with Gasteiger partial charge in [0.05, 0.1) is 4.92 Å². The van der Waals surface area contributed by atoms with Crippen molar-refractivity contribution in [2.75, 3.05) is 16.9 Å². The Morgan fingerprint density at radius 1 is 1.33 bits per heavy atom. The van der Waals surface area contributed by atoms with E-state index in [1.165, 1.54) is 12.1 Å². The molecule has 0 saturated carbocycles. The van der Waals surface area contributed by atoms with Crippen molar-refractivity contribution >= 4 is 23.0 Å². The minimum absolute atomic E-state index is 0.0564. The highest BCUT2D eigenvalue weighted by molar-refractivity contribution is 5.71. The maximum atomic E-state index is 11.2. The van der Waals surface area contributed by atoms with Crippen LogP contribution in [0.5, 0.6) is 0 Å². The highest BCUT2D eigenvalue weighted by Crippen LogP contribution is 2.34. The summed E-state index contributed by atoms with van der Waals surface area (Å²) in [4.78, 5) is 16.9. The van der Waals surface area contributed by atoms with Gasteiger partial charge in [-0.1, -0.05) is 18.2 Å². The summed E-state index contributed by atoms with van der Waals surface area (Å²) in [5.41, 5.74) is 4.26. The maximum Gasteiger partial charge on any atom is 0.312 e. The van der Waals surface area contributed by atoms with E-state index in [4.69, 9.17) is 5.84 Å². The number of aryl methyl sites for hydroxylation is 1. The topological polar surface area (TPSA) is 97.3 Å². The molecule has 0 aliphatic heterocycles. The van der Waals surface area contributed by atoms with Crippen LogP contribution in [0.4, 0.5) is 23.0 Å². The molecule has 3 N–H and O–H groups in total. The molecule has 110 valence electrons. The zero-order valence-electron chi connectivity index (χ0n) is 11.9. The van der Waals surface area contributed by atoms with Crippen molar-refractivity contribution in [3.63, 3.8) is 0 Å². The van der Waals surface area contributed by atoms with Crippen molar-refractivity contribution in [3.05, 3.63) is 52.1 Å². The number of nitrogens with zero attached hydrogens (tertiary/aromatic N) is 3. The molecule has 0 saturated heterocycles. The molecule has 1 aromatic carbocycles. The third kappa shape index (κ3) is 2.92. The molecule has 0 aliphatic carbocycles. The van der Waals surface area contributed by atoms with E-state index in [1.54, 1.807) is 4.90 Å². The van der Waals surface area contributed by atoms with E-state index >= 15 is 0 Å². The van der Waals surface area contributed by atoms with Crippen molar-refractivity contribution in [2.24, 2.45) is 5.84 Å². The number of hydrogen-bond acceptors (Lipinski definition) is 6. The Morgan fingerprint density at radius 2 is 2.05 bits per heavy atom. The molecule has 0 fully saturated rings. The number of hydrogen-bond donors (Lipinski definition) is 2. The average molecular weight is 287 g/mol. The van der Waals surface area contributed by atoms with Crippen molar-refractivity contribution in [1.82, 2.24) is 4.98 Å². The van der Waals surface area contributed by atoms with Crippen LogP contribution in [0.15, 0.2) is 36.4 Å². The van der Waals surface area contributed by atoms with Crippen molar-refractivity contribution < 1.29 is 4.92 Å². The summed E-state index contributed by atoms with van der Waals surface area (Å²) in [6.07, 6.45) is 0. The second kappa shape index (κ2) is 6.19. The second-order valence-electron chi connectivity index (χ2n) is 4.47. The summed E-state index contributed by atoms with van der Waals surface area (Å²) >= 11 is 0. The summed E-state index contributed by atoms with van der Waals surface area (Å²) in [5, 5.41) is 11.2. The fourth-order valence-corrected chi connectivity index (χ4v) is 2.16. The number of pyridine rings is 1. The predicted octanol–water partition coefficient (Wildman–Crippen LogP) is 2.74. The van der Waals surface area contributed by atoms with Crippen molar-refractivity contribution in [3.8, 4) is 0 Å². The molecular weight excluding hydrogens is 270 g/mol. The second-order valence-corrected chi connectivity index (χ2v) is 4.47. The molecule has 7 nitrogen and oxygen atoms in total. The summed E-state index contributed by atoms with van der Waals surface area (Å²) in [5.74, 6) is 6.00. The number of anilines is 3. The van der Waals surface area contributed by atoms with E-state index in [1.807, 2.05) is 38.1 Å². The average Bonchev–Trinajstić information content (AvgIpc) is 2.49. The van der Waals surface area contributed by atoms with Crippen LogP contribution in [0.2, 0.25) is 0 Å². The number of para-hydroxylation sites is 1. The summed E-state index contributed by atoms with van der Waals surface area (Å²) < 4.78 is 0. The van der Waals surface area contributed by atoms with E-state index in [0.717, 1.165) is 11.3 Å². The van der Waals surface area contributed by atoms with Gasteiger partial charge in [0, 0.05) is 18.3 Å². The first kappa shape index (κ1) is 14.7. The van der Waals surface area contributed by atoms with Gasteiger partial charge < -0.3 is 10.3 Å². The first-order chi connectivity index (χ1) is 10.1. The molecule has 1 aromatic heterocycles. The van der Waals surface area contributed by atoms with Crippen LogP contribution >= 0.6 is 0 Å². The van der Waals surface area contributed by atoms with Gasteiger partial charge in [0.2, 0.25) is 5.82 Å². The Balaban J connectivity index is 2.61. The SMILES string of the molecule is CCN(c1ccccc1C)c1nc(NN)ccc1[N+](=O)[O-]. The van der Waals surface area contributed by atoms with Crippen molar-refractivity contribution in [2.45, 2.75) is 13.8 Å². The Hall–Kier alpha value is -2.67. The standard InChI is InChI=1S/C14H17N5O2/c1-3-18(11-7-5-4-6-10(11)2)14-12(19(20)21)8-9-13(16-14)17-15/h4-9H,3,15H2,1-2H3,(H,16,17). The zero-order valence-corrected chi connectivity index (χ0v) is 11.9. The molecule has 0 aliphatic rings.